The van der Waals surface area contributed by atoms with Gasteiger partial charge in [0.15, 0.2) is 5.69 Å². The van der Waals surface area contributed by atoms with Crippen LogP contribution < -0.4 is 10.1 Å². The lowest BCUT2D eigenvalue weighted by Gasteiger charge is -2.26. The molecule has 2 atom stereocenters. The number of carbonyl (C=O) groups excluding carboxylic acids is 2. The molecule has 1 aromatic heterocycles. The highest BCUT2D eigenvalue weighted by Crippen LogP contribution is 2.50. The molecule has 10 heteroatoms. The predicted octanol–water partition coefficient (Wildman–Crippen LogP) is 6.39. The first-order valence-electron chi connectivity index (χ1n) is 14.6. The van der Waals surface area contributed by atoms with Gasteiger partial charge >= 0.3 is 6.09 Å². The van der Waals surface area contributed by atoms with Crippen LogP contribution in [-0.2, 0) is 16.2 Å². The minimum absolute atomic E-state index is 0.209. The summed E-state index contributed by atoms with van der Waals surface area (Å²) in [7, 11) is -1.27. The summed E-state index contributed by atoms with van der Waals surface area (Å²) in [5.41, 5.74) is 0.817. The van der Waals surface area contributed by atoms with Crippen LogP contribution >= 0.6 is 0 Å². The number of ether oxygens (including phenoxy) is 3. The first kappa shape index (κ1) is 29.8. The van der Waals surface area contributed by atoms with Gasteiger partial charge in [-0.3, -0.25) is 4.79 Å². The number of rotatable bonds is 10. The van der Waals surface area contributed by atoms with E-state index in [0.29, 0.717) is 31.1 Å². The third-order valence-electron chi connectivity index (χ3n) is 7.52. The van der Waals surface area contributed by atoms with Crippen LogP contribution in [0.15, 0.2) is 60.7 Å². The topological polar surface area (TPSA) is 94.9 Å². The Morgan fingerprint density at radius 2 is 1.79 bits per heavy atom. The number of hydrogen-bond donors (Lipinski definition) is 1. The van der Waals surface area contributed by atoms with Gasteiger partial charge in [-0.05, 0) is 63.6 Å². The molecule has 5 rings (SSSR count). The van der Waals surface area contributed by atoms with Crippen molar-refractivity contribution in [2.24, 2.45) is 5.92 Å². The Morgan fingerprint density at radius 1 is 1.07 bits per heavy atom. The van der Waals surface area contributed by atoms with Crippen LogP contribution in [0.3, 0.4) is 0 Å². The summed E-state index contributed by atoms with van der Waals surface area (Å²) in [6.07, 6.45) is 0.486. The molecule has 1 aliphatic heterocycles. The molecular formula is C32H42N4O5Si. The van der Waals surface area contributed by atoms with E-state index in [0.717, 1.165) is 29.5 Å². The molecule has 1 saturated heterocycles. The summed E-state index contributed by atoms with van der Waals surface area (Å²) in [6, 6.07) is 20.1. The monoisotopic (exact) mass is 590 g/mol. The molecule has 2 fully saturated rings. The van der Waals surface area contributed by atoms with E-state index in [1.54, 1.807) is 15.6 Å². The number of fused-ring (bicyclic) bond motifs is 1. The number of benzene rings is 2. The highest BCUT2D eigenvalue weighted by atomic mass is 28.3. The number of piperidine rings is 1. The Morgan fingerprint density at radius 3 is 2.50 bits per heavy atom. The number of nitrogens with zero attached hydrogens (tertiary/aromatic N) is 3. The highest BCUT2D eigenvalue weighted by Gasteiger charge is 2.62. The number of amides is 2. The first-order valence-corrected chi connectivity index (χ1v) is 18.3. The molecule has 3 aromatic rings. The second-order valence-corrected chi connectivity index (χ2v) is 19.2. The van der Waals surface area contributed by atoms with Crippen LogP contribution in [0.25, 0.3) is 11.3 Å². The van der Waals surface area contributed by atoms with Crippen molar-refractivity contribution in [3.05, 3.63) is 66.4 Å². The summed E-state index contributed by atoms with van der Waals surface area (Å²) in [5.74, 6) is 1.31. The maximum absolute atomic E-state index is 13.6. The Bertz CT molecular complexity index is 1430. The van der Waals surface area contributed by atoms with E-state index in [1.165, 1.54) is 0 Å². The van der Waals surface area contributed by atoms with Gasteiger partial charge in [0.05, 0.1) is 11.2 Å². The molecule has 9 nitrogen and oxygen atoms in total. The van der Waals surface area contributed by atoms with Crippen molar-refractivity contribution in [3.8, 4) is 22.8 Å². The SMILES string of the molecule is CC(C)(C)OC(=O)N1CC2CC2(NC(=O)c2cc(-c3ccccc3Oc3ccccc3)n(COCC[Si](C)(C)C)n2)C1. The van der Waals surface area contributed by atoms with E-state index in [4.69, 9.17) is 19.3 Å². The minimum Gasteiger partial charge on any atom is -0.457 e. The van der Waals surface area contributed by atoms with E-state index in [9.17, 15) is 9.59 Å². The van der Waals surface area contributed by atoms with Crippen molar-refractivity contribution >= 4 is 20.1 Å². The van der Waals surface area contributed by atoms with Crippen molar-refractivity contribution in [3.63, 3.8) is 0 Å². The molecule has 0 bridgehead atoms. The summed E-state index contributed by atoms with van der Waals surface area (Å²) < 4.78 is 19.6. The van der Waals surface area contributed by atoms with Gasteiger partial charge in [0.2, 0.25) is 0 Å². The molecule has 1 saturated carbocycles. The van der Waals surface area contributed by atoms with E-state index < -0.39 is 19.2 Å². The van der Waals surface area contributed by atoms with Crippen LogP contribution in [-0.4, -0.2) is 65.6 Å². The van der Waals surface area contributed by atoms with Crippen molar-refractivity contribution < 1.29 is 23.8 Å². The van der Waals surface area contributed by atoms with E-state index in [2.05, 4.69) is 25.0 Å². The highest BCUT2D eigenvalue weighted by molar-refractivity contribution is 6.76. The second-order valence-electron chi connectivity index (χ2n) is 13.5. The number of likely N-dealkylation sites (tertiary alicyclic amines) is 1. The Labute approximate surface area is 249 Å². The van der Waals surface area contributed by atoms with Gasteiger partial charge in [0.1, 0.15) is 23.8 Å². The summed E-state index contributed by atoms with van der Waals surface area (Å²) in [4.78, 5) is 27.9. The number of para-hydroxylation sites is 2. The maximum atomic E-state index is 13.6. The normalized spacial score (nSPS) is 19.8. The average Bonchev–Trinajstić information content (AvgIpc) is 3.23. The molecule has 0 radical (unpaired) electrons. The zero-order chi connectivity index (χ0) is 30.1. The average molecular weight is 591 g/mol. The third-order valence-corrected chi connectivity index (χ3v) is 9.22. The molecule has 2 heterocycles. The quantitative estimate of drug-likeness (QED) is 0.217. The van der Waals surface area contributed by atoms with Crippen LogP contribution in [0, 0.1) is 5.92 Å². The zero-order valence-corrected chi connectivity index (χ0v) is 26.5. The van der Waals surface area contributed by atoms with Crippen molar-refractivity contribution in [1.29, 1.82) is 0 Å². The minimum atomic E-state index is -1.27. The van der Waals surface area contributed by atoms with Crippen molar-refractivity contribution in [1.82, 2.24) is 20.0 Å². The molecule has 0 spiro atoms. The number of hydrogen-bond acceptors (Lipinski definition) is 6. The fourth-order valence-corrected chi connectivity index (χ4v) is 5.94. The number of carbonyl (C=O) groups is 2. The summed E-state index contributed by atoms with van der Waals surface area (Å²) >= 11 is 0. The van der Waals surface area contributed by atoms with E-state index in [-0.39, 0.29) is 24.6 Å². The lowest BCUT2D eigenvalue weighted by atomic mass is 10.1. The molecule has 2 amide bonds. The maximum Gasteiger partial charge on any atom is 0.410 e. The number of nitrogens with one attached hydrogen (secondary N) is 1. The van der Waals surface area contributed by atoms with Gasteiger partial charge in [0.25, 0.3) is 5.91 Å². The largest absolute Gasteiger partial charge is 0.457 e. The Kier molecular flexibility index (Phi) is 8.22. The van der Waals surface area contributed by atoms with Gasteiger partial charge in [-0.2, -0.15) is 5.10 Å². The van der Waals surface area contributed by atoms with Crippen molar-refractivity contribution in [2.75, 3.05) is 19.7 Å². The van der Waals surface area contributed by atoms with Gasteiger partial charge in [0, 0.05) is 39.3 Å². The fraction of sp³-hybridized carbons (Fsp3) is 0.469. The van der Waals surface area contributed by atoms with Crippen LogP contribution in [0.1, 0.15) is 37.7 Å². The van der Waals surface area contributed by atoms with Crippen LogP contribution in [0.2, 0.25) is 25.7 Å². The predicted molar refractivity (Wildman–Crippen MR) is 164 cm³/mol. The Hall–Kier alpha value is -3.63. The lowest BCUT2D eigenvalue weighted by Crippen LogP contribution is -2.44. The molecule has 2 aromatic carbocycles. The molecule has 1 N–H and O–H groups in total. The standard InChI is InChI=1S/C32H42N4O5Si/c1-31(2,3)41-30(38)35-20-23-19-32(23,21-35)33-29(37)26-18-27(36(34-26)22-39-16-17-42(4,5)6)25-14-10-11-15-28(25)40-24-12-8-7-9-13-24/h7-15,18,23H,16-17,19-22H2,1-6H3,(H,33,37). The molecule has 1 aliphatic carbocycles. The molecule has 2 aliphatic rings. The van der Waals surface area contributed by atoms with Crippen LogP contribution in [0.5, 0.6) is 11.5 Å². The molecule has 224 valence electrons. The second kappa shape index (κ2) is 11.6. The van der Waals surface area contributed by atoms with E-state index in [1.807, 2.05) is 75.4 Å². The Balaban J connectivity index is 1.36. The molecular weight excluding hydrogens is 548 g/mol. The third kappa shape index (κ3) is 7.22. The van der Waals surface area contributed by atoms with Gasteiger partial charge in [-0.1, -0.05) is 50.0 Å². The van der Waals surface area contributed by atoms with Crippen molar-refractivity contribution in [2.45, 2.75) is 70.7 Å². The van der Waals surface area contributed by atoms with Gasteiger partial charge in [-0.15, -0.1) is 0 Å². The number of aromatic nitrogens is 2. The summed E-state index contributed by atoms with van der Waals surface area (Å²) in [5, 5.41) is 7.89. The zero-order valence-electron chi connectivity index (χ0n) is 25.5. The summed E-state index contributed by atoms with van der Waals surface area (Å²) in [6.45, 7) is 14.3. The van der Waals surface area contributed by atoms with Gasteiger partial charge < -0.3 is 24.4 Å². The first-order chi connectivity index (χ1) is 19.8. The van der Waals surface area contributed by atoms with E-state index >= 15 is 0 Å². The van der Waals surface area contributed by atoms with Gasteiger partial charge in [-0.25, -0.2) is 9.48 Å². The lowest BCUT2D eigenvalue weighted by molar-refractivity contribution is 0.0266. The fourth-order valence-electron chi connectivity index (χ4n) is 5.19. The van der Waals surface area contributed by atoms with Crippen LogP contribution in [0.4, 0.5) is 4.79 Å². The molecule has 42 heavy (non-hydrogen) atoms. The smallest absolute Gasteiger partial charge is 0.410 e. The molecule has 2 unspecified atom stereocenters.